The fourth-order valence-electron chi connectivity index (χ4n) is 9.81. The van der Waals surface area contributed by atoms with Gasteiger partial charge in [-0.05, 0) is 135 Å². The third-order valence-corrected chi connectivity index (χ3v) is 14.2. The second-order valence-electron chi connectivity index (χ2n) is 18.8. The molecule has 400 valence electrons. The predicted molar refractivity (Wildman–Crippen MR) is 259 cm³/mol. The van der Waals surface area contributed by atoms with Crippen LogP contribution in [0.3, 0.4) is 0 Å². The lowest BCUT2D eigenvalue weighted by atomic mass is 9.61. The molecule has 22 heteroatoms. The molecule has 3 heterocycles. The van der Waals surface area contributed by atoms with Crippen molar-refractivity contribution in [1.29, 1.82) is 0 Å². The second kappa shape index (κ2) is 25.0. The fourth-order valence-corrected chi connectivity index (χ4v) is 10.0. The van der Waals surface area contributed by atoms with Crippen LogP contribution in [0.1, 0.15) is 84.0 Å². The van der Waals surface area contributed by atoms with Gasteiger partial charge in [0.05, 0.1) is 67.9 Å². The molecule has 4 atom stereocenters. The number of fused-ring (bicyclic) bond motifs is 2. The first-order valence-corrected chi connectivity index (χ1v) is 24.8. The average Bonchev–Trinajstić information content (AvgIpc) is 4.24. The van der Waals surface area contributed by atoms with E-state index in [4.69, 9.17) is 61.0 Å². The third kappa shape index (κ3) is 13.7. The molecular weight excluding hydrogens is 1000 g/mol. The number of rotatable bonds is 22. The molecule has 5 aromatic rings. The Hall–Kier alpha value is -6.37. The van der Waals surface area contributed by atoms with Crippen molar-refractivity contribution in [2.75, 3.05) is 26.4 Å². The first-order chi connectivity index (χ1) is 36.1. The van der Waals surface area contributed by atoms with Crippen LogP contribution in [0.2, 0.25) is 5.02 Å². The molecule has 2 saturated heterocycles. The number of benzene rings is 4. The van der Waals surface area contributed by atoms with Crippen molar-refractivity contribution in [3.05, 3.63) is 153 Å². The molecule has 1 saturated carbocycles. The van der Waals surface area contributed by atoms with Gasteiger partial charge in [-0.15, -0.1) is 0 Å². The molecule has 8 rings (SSSR count). The van der Waals surface area contributed by atoms with Gasteiger partial charge >= 0.3 is 12.2 Å². The van der Waals surface area contributed by atoms with E-state index in [1.54, 1.807) is 53.6 Å². The summed E-state index contributed by atoms with van der Waals surface area (Å²) in [4.78, 5) is 60.4. The summed E-state index contributed by atoms with van der Waals surface area (Å²) < 4.78 is 56.7. The van der Waals surface area contributed by atoms with Crippen molar-refractivity contribution < 1.29 is 77.4 Å². The fraction of sp³-hybridized carbons (Fsp3) is 0.396. The smallest absolute Gasteiger partial charge is 0.489 e. The van der Waals surface area contributed by atoms with E-state index in [1.165, 1.54) is 6.07 Å². The summed E-state index contributed by atoms with van der Waals surface area (Å²) in [5.41, 5.74) is 4.11. The minimum Gasteiger partial charge on any atom is -0.489 e. The highest BCUT2D eigenvalue weighted by Gasteiger charge is 2.61. The molecule has 4 unspecified atom stereocenters. The summed E-state index contributed by atoms with van der Waals surface area (Å²) in [6.07, 6.45) is 3.93. The van der Waals surface area contributed by atoms with Gasteiger partial charge in [-0.2, -0.15) is 0 Å². The zero-order valence-electron chi connectivity index (χ0n) is 41.2. The van der Waals surface area contributed by atoms with Crippen LogP contribution >= 0.6 is 11.6 Å². The van der Waals surface area contributed by atoms with Gasteiger partial charge in [-0.1, -0.05) is 60.1 Å². The molecule has 3 aliphatic rings. The van der Waals surface area contributed by atoms with Crippen molar-refractivity contribution in [3.63, 3.8) is 0 Å². The van der Waals surface area contributed by atoms with E-state index in [2.05, 4.69) is 9.82 Å². The quantitative estimate of drug-likeness (QED) is 0.0167. The Bertz CT molecular complexity index is 2790. The second-order valence-corrected chi connectivity index (χ2v) is 19.2. The molecule has 2 amide bonds. The van der Waals surface area contributed by atoms with Crippen LogP contribution in [0.4, 0.5) is 18.4 Å². The van der Waals surface area contributed by atoms with Gasteiger partial charge in [0.1, 0.15) is 22.3 Å². The lowest BCUT2D eigenvalue weighted by molar-refractivity contribution is -0.497. The number of carbonyl (C=O) groups is 3. The Labute approximate surface area is 435 Å². The highest BCUT2D eigenvalue weighted by Crippen LogP contribution is 2.53. The molecule has 1 aromatic heterocycles. The number of amides is 2. The Morgan fingerprint density at radius 1 is 0.813 bits per heavy atom. The number of aromatic nitrogens is 1. The van der Waals surface area contributed by atoms with E-state index in [1.807, 2.05) is 49.1 Å². The van der Waals surface area contributed by atoms with Crippen LogP contribution in [-0.2, 0) is 56.5 Å². The van der Waals surface area contributed by atoms with Crippen molar-refractivity contribution in [2.24, 2.45) is 5.41 Å². The van der Waals surface area contributed by atoms with Crippen molar-refractivity contribution >= 4 is 29.8 Å². The van der Waals surface area contributed by atoms with Crippen molar-refractivity contribution in [2.45, 2.75) is 103 Å². The van der Waals surface area contributed by atoms with E-state index >= 15 is 4.79 Å². The molecule has 19 nitrogen and oxygen atoms in total. The van der Waals surface area contributed by atoms with E-state index < -0.39 is 57.2 Å². The Kier molecular flexibility index (Phi) is 18.3. The van der Waals surface area contributed by atoms with Crippen molar-refractivity contribution in [1.82, 2.24) is 25.6 Å². The number of nitrogens with zero attached hydrogens (tertiary/aromatic N) is 5. The first-order valence-electron chi connectivity index (χ1n) is 24.4. The standard InChI is InChI=1S/C53H58ClF2N5O14/c1-33-38(21-22-57-46(33)12-6-24-71-52(64)75-42-11-4-8-36(26-42)30-73-61(67)68)28-58(39-17-18-39)50(62)53(2)43(37-15-13-34(14-16-37)9-5-23-70-49-45(56)20-19-44(55)48(49)54)27-40-31-69-32-47(53)59(40)51(63)74-41-10-3-7-35(25-41)29-72-60(65)66/h3-4,7-8,10-11,13-16,19-22,25-26,39-40,43,47,65-68H,5-6,9,12,17-18,23-24,27-32H2,1-2H3. The Morgan fingerprint density at radius 3 is 2.13 bits per heavy atom. The largest absolute Gasteiger partial charge is 0.513 e. The number of carbonyl (C=O) groups excluding carboxylic acids is 3. The Morgan fingerprint density at radius 2 is 1.47 bits per heavy atom. The summed E-state index contributed by atoms with van der Waals surface area (Å²) in [6.45, 7) is 4.08. The van der Waals surface area contributed by atoms with Gasteiger partial charge in [0.25, 0.3) is 0 Å². The number of morpholine rings is 1. The number of halogens is 3. The number of aryl methyl sites for hydroxylation is 2. The molecule has 4 N–H and O–H groups in total. The molecule has 0 spiro atoms. The number of piperidine rings is 1. The van der Waals surface area contributed by atoms with Gasteiger partial charge in [0.15, 0.2) is 11.6 Å². The van der Waals surface area contributed by atoms with E-state index in [-0.39, 0.29) is 81.3 Å². The van der Waals surface area contributed by atoms with Crippen LogP contribution in [-0.4, -0.2) is 109 Å². The first kappa shape index (κ1) is 54.9. The molecule has 4 aromatic carbocycles. The van der Waals surface area contributed by atoms with Crippen LogP contribution in [0, 0.1) is 24.0 Å². The maximum atomic E-state index is 15.9. The maximum absolute atomic E-state index is 15.9. The van der Waals surface area contributed by atoms with E-state index in [0.29, 0.717) is 43.2 Å². The summed E-state index contributed by atoms with van der Waals surface area (Å²) in [7, 11) is 0. The Balaban J connectivity index is 0.993. The van der Waals surface area contributed by atoms with E-state index in [9.17, 15) is 18.4 Å². The average molecular weight is 1060 g/mol. The molecule has 2 bridgehead atoms. The number of hydrogen-bond acceptors (Lipinski definition) is 17. The SMILES string of the molecule is Cc1c(CN(C(=O)C2(C)C(c3ccc(CCCOc4c(F)ccc(F)c4Cl)cc3)CC3COCC2N3C(=O)Oc2cccc(CON(O)O)c2)C2CC2)ccnc1CCCOC(=O)Oc1cccc(CON(O)O)c1. The van der Waals surface area contributed by atoms with Gasteiger partial charge in [-0.3, -0.25) is 35.5 Å². The molecule has 0 radical (unpaired) electrons. The number of pyridine rings is 1. The van der Waals surface area contributed by atoms with Crippen LogP contribution in [0.5, 0.6) is 17.2 Å². The summed E-state index contributed by atoms with van der Waals surface area (Å²) in [5.74, 6) is -2.05. The zero-order valence-corrected chi connectivity index (χ0v) is 41.9. The van der Waals surface area contributed by atoms with Gasteiger partial charge in [-0.25, -0.2) is 28.0 Å². The topological polar surface area (TPSA) is 223 Å². The normalized spacial score (nSPS) is 19.2. The maximum Gasteiger partial charge on any atom is 0.513 e. The highest BCUT2D eigenvalue weighted by molar-refractivity contribution is 6.32. The summed E-state index contributed by atoms with van der Waals surface area (Å²) >= 11 is 5.96. The summed E-state index contributed by atoms with van der Waals surface area (Å²) in [5, 5.41) is 34.6. The van der Waals surface area contributed by atoms with Gasteiger partial charge < -0.3 is 28.6 Å². The number of hydrogen-bond donors (Lipinski definition) is 4. The molecular formula is C53H58ClF2N5O14. The predicted octanol–water partition coefficient (Wildman–Crippen LogP) is 9.46. The lowest BCUT2D eigenvalue weighted by Crippen LogP contribution is -2.70. The van der Waals surface area contributed by atoms with Crippen molar-refractivity contribution in [3.8, 4) is 17.2 Å². The van der Waals surface area contributed by atoms with Gasteiger partial charge in [0, 0.05) is 30.4 Å². The van der Waals surface area contributed by atoms with Crippen LogP contribution in [0.25, 0.3) is 0 Å². The lowest BCUT2D eigenvalue weighted by Gasteiger charge is -2.57. The highest BCUT2D eigenvalue weighted by atomic mass is 35.5. The van der Waals surface area contributed by atoms with E-state index in [0.717, 1.165) is 52.9 Å². The van der Waals surface area contributed by atoms with Crippen LogP contribution < -0.4 is 14.2 Å². The van der Waals surface area contributed by atoms with Crippen LogP contribution in [0.15, 0.2) is 97.2 Å². The third-order valence-electron chi connectivity index (χ3n) is 13.8. The zero-order chi connectivity index (χ0) is 53.2. The monoisotopic (exact) mass is 1060 g/mol. The molecule has 3 fully saturated rings. The summed E-state index contributed by atoms with van der Waals surface area (Å²) in [6, 6.07) is 23.1. The minimum atomic E-state index is -1.26. The minimum absolute atomic E-state index is 0.0291. The molecule has 1 aliphatic carbocycles. The number of ether oxygens (including phenoxy) is 5. The molecule has 75 heavy (non-hydrogen) atoms. The van der Waals surface area contributed by atoms with Gasteiger partial charge in [0.2, 0.25) is 5.91 Å². The molecule has 2 aliphatic heterocycles.